The maximum Gasteiger partial charge on any atom is 0.236 e. The van der Waals surface area contributed by atoms with Gasteiger partial charge >= 0.3 is 0 Å². The first-order chi connectivity index (χ1) is 12.6. The molecule has 4 nitrogen and oxygen atoms in total. The van der Waals surface area contributed by atoms with Crippen molar-refractivity contribution in [3.63, 3.8) is 0 Å². The predicted octanol–water partition coefficient (Wildman–Crippen LogP) is 4.07. The summed E-state index contributed by atoms with van der Waals surface area (Å²) < 4.78 is 0. The fourth-order valence-corrected chi connectivity index (χ4v) is 3.51. The minimum absolute atomic E-state index is 0.00401. The third kappa shape index (κ3) is 3.92. The van der Waals surface area contributed by atoms with Gasteiger partial charge in [-0.15, -0.1) is 0 Å². The number of halogens is 1. The second kappa shape index (κ2) is 8.39. The van der Waals surface area contributed by atoms with Gasteiger partial charge in [0.25, 0.3) is 0 Å². The number of aromatic amines is 1. The van der Waals surface area contributed by atoms with Gasteiger partial charge < -0.3 is 15.6 Å². The number of carbonyl (C=O) groups is 1. The fraction of sp³-hybridized carbons (Fsp3) is 0.286. The average molecular weight is 370 g/mol. The van der Waals surface area contributed by atoms with Gasteiger partial charge in [0.1, 0.15) is 0 Å². The molecule has 3 N–H and O–H groups in total. The molecule has 0 radical (unpaired) electrons. The minimum Gasteiger partial charge on any atom is -0.361 e. The molecule has 3 rings (SSSR count). The van der Waals surface area contributed by atoms with E-state index >= 15 is 0 Å². The normalized spacial score (nSPS) is 13.5. The van der Waals surface area contributed by atoms with Crippen LogP contribution in [0.5, 0.6) is 0 Å². The van der Waals surface area contributed by atoms with E-state index in [9.17, 15) is 4.79 Å². The van der Waals surface area contributed by atoms with Crippen molar-refractivity contribution in [2.24, 2.45) is 0 Å². The van der Waals surface area contributed by atoms with Crippen LogP contribution in [-0.2, 0) is 4.79 Å². The number of fused-ring (bicyclic) bond motifs is 1. The number of benzene rings is 2. The summed E-state index contributed by atoms with van der Waals surface area (Å²) in [7, 11) is 0. The Kier molecular flexibility index (Phi) is 5.96. The number of amides is 1. The lowest BCUT2D eigenvalue weighted by atomic mass is 9.90. The lowest BCUT2D eigenvalue weighted by molar-refractivity contribution is -0.122. The summed E-state index contributed by atoms with van der Waals surface area (Å²) in [6.07, 6.45) is 2.04. The number of rotatable bonds is 7. The van der Waals surface area contributed by atoms with Gasteiger partial charge in [-0.25, -0.2) is 0 Å². The van der Waals surface area contributed by atoms with Crippen LogP contribution in [0, 0.1) is 0 Å². The van der Waals surface area contributed by atoms with Crippen molar-refractivity contribution in [3.05, 3.63) is 70.9 Å². The van der Waals surface area contributed by atoms with Crippen LogP contribution in [0.2, 0.25) is 5.02 Å². The molecular weight excluding hydrogens is 346 g/mol. The summed E-state index contributed by atoms with van der Waals surface area (Å²) >= 11 is 6.50. The Morgan fingerprint density at radius 2 is 1.85 bits per heavy atom. The molecule has 0 aliphatic heterocycles. The van der Waals surface area contributed by atoms with Crippen LogP contribution in [0.1, 0.15) is 30.9 Å². The van der Waals surface area contributed by atoms with E-state index in [0.29, 0.717) is 13.1 Å². The van der Waals surface area contributed by atoms with E-state index < -0.39 is 0 Å². The molecule has 136 valence electrons. The molecule has 0 saturated carbocycles. The van der Waals surface area contributed by atoms with Crippen molar-refractivity contribution in [2.75, 3.05) is 13.1 Å². The van der Waals surface area contributed by atoms with Gasteiger partial charge in [-0.3, -0.25) is 4.79 Å². The first kappa shape index (κ1) is 18.5. The molecule has 2 aromatic carbocycles. The second-order valence-electron chi connectivity index (χ2n) is 6.39. The molecule has 0 saturated heterocycles. The fourth-order valence-electron chi connectivity index (χ4n) is 3.24. The number of hydrogen-bond donors (Lipinski definition) is 3. The van der Waals surface area contributed by atoms with Gasteiger partial charge in [0.2, 0.25) is 5.91 Å². The van der Waals surface area contributed by atoms with Crippen molar-refractivity contribution < 1.29 is 4.79 Å². The Morgan fingerprint density at radius 1 is 1.12 bits per heavy atom. The van der Waals surface area contributed by atoms with Gasteiger partial charge in [-0.1, -0.05) is 48.0 Å². The highest BCUT2D eigenvalue weighted by Crippen LogP contribution is 2.34. The molecule has 1 heterocycles. The van der Waals surface area contributed by atoms with Crippen molar-refractivity contribution in [3.8, 4) is 0 Å². The van der Waals surface area contributed by atoms with Crippen LogP contribution >= 0.6 is 11.6 Å². The number of aromatic nitrogens is 1. The summed E-state index contributed by atoms with van der Waals surface area (Å²) in [5.74, 6) is 0.0426. The first-order valence-electron chi connectivity index (χ1n) is 8.93. The molecule has 5 heteroatoms. The lowest BCUT2D eigenvalue weighted by Crippen LogP contribution is -2.43. The maximum absolute atomic E-state index is 12.1. The molecule has 0 aliphatic carbocycles. The molecule has 0 bridgehead atoms. The van der Waals surface area contributed by atoms with E-state index in [1.165, 1.54) is 10.9 Å². The van der Waals surface area contributed by atoms with Gasteiger partial charge in [0.05, 0.1) is 6.04 Å². The smallest absolute Gasteiger partial charge is 0.236 e. The second-order valence-corrected chi connectivity index (χ2v) is 6.80. The summed E-state index contributed by atoms with van der Waals surface area (Å²) in [5.41, 5.74) is 3.31. The van der Waals surface area contributed by atoms with E-state index in [1.807, 2.05) is 56.4 Å². The summed E-state index contributed by atoms with van der Waals surface area (Å²) in [4.78, 5) is 15.4. The number of nitrogens with one attached hydrogen (secondary N) is 3. The van der Waals surface area contributed by atoms with Gasteiger partial charge in [-0.05, 0) is 37.1 Å². The monoisotopic (exact) mass is 369 g/mol. The predicted molar refractivity (Wildman–Crippen MR) is 108 cm³/mol. The number of likely N-dealkylation sites (N-methyl/N-ethyl adjacent to an activating group) is 1. The number of hydrogen-bond acceptors (Lipinski definition) is 2. The molecule has 2 atom stereocenters. The standard InChI is InChI=1S/C21H24ClN3O/c1-3-23-21(26)14(2)24-12-17(15-8-4-6-10-19(15)22)18-13-25-20-11-7-5-9-16(18)20/h4-11,13-14,17,24-25H,3,12H2,1-2H3,(H,23,26)/t14-,17+/m0/s1. The zero-order chi connectivity index (χ0) is 18.5. The van der Waals surface area contributed by atoms with E-state index in [-0.39, 0.29) is 17.9 Å². The Hall–Kier alpha value is -2.30. The van der Waals surface area contributed by atoms with Gasteiger partial charge in [0.15, 0.2) is 0 Å². The van der Waals surface area contributed by atoms with Crippen molar-refractivity contribution in [1.82, 2.24) is 15.6 Å². The van der Waals surface area contributed by atoms with Crippen molar-refractivity contribution >= 4 is 28.4 Å². The quantitative estimate of drug-likeness (QED) is 0.588. The SMILES string of the molecule is CCNC(=O)[C@H](C)NC[C@H](c1ccccc1Cl)c1c[nH]c2ccccc12. The Labute approximate surface area is 158 Å². The molecule has 1 aromatic heterocycles. The molecule has 3 aromatic rings. The van der Waals surface area contributed by atoms with Crippen molar-refractivity contribution in [1.29, 1.82) is 0 Å². The zero-order valence-electron chi connectivity index (χ0n) is 15.1. The largest absolute Gasteiger partial charge is 0.361 e. The van der Waals surface area contributed by atoms with Crippen LogP contribution in [0.4, 0.5) is 0 Å². The molecule has 0 unspecified atom stereocenters. The highest BCUT2D eigenvalue weighted by atomic mass is 35.5. The molecule has 0 spiro atoms. The molecule has 0 aliphatic rings. The minimum atomic E-state index is -0.273. The van der Waals surface area contributed by atoms with Crippen LogP contribution in [-0.4, -0.2) is 30.0 Å². The summed E-state index contributed by atoms with van der Waals surface area (Å²) in [5, 5.41) is 8.12. The number of H-pyrrole nitrogens is 1. The summed E-state index contributed by atoms with van der Waals surface area (Å²) in [6.45, 7) is 5.04. The number of carbonyl (C=O) groups excluding carboxylic acids is 1. The first-order valence-corrected chi connectivity index (χ1v) is 9.31. The van der Waals surface area contributed by atoms with Gasteiger partial charge in [0, 0.05) is 41.1 Å². The van der Waals surface area contributed by atoms with Crippen LogP contribution in [0.25, 0.3) is 10.9 Å². The Morgan fingerprint density at radius 3 is 2.62 bits per heavy atom. The Bertz CT molecular complexity index is 890. The van der Waals surface area contributed by atoms with Crippen LogP contribution in [0.3, 0.4) is 0 Å². The Balaban J connectivity index is 1.93. The maximum atomic E-state index is 12.1. The van der Waals surface area contributed by atoms with E-state index in [4.69, 9.17) is 11.6 Å². The third-order valence-corrected chi connectivity index (χ3v) is 4.99. The lowest BCUT2D eigenvalue weighted by Gasteiger charge is -2.22. The highest BCUT2D eigenvalue weighted by molar-refractivity contribution is 6.31. The molecule has 26 heavy (non-hydrogen) atoms. The summed E-state index contributed by atoms with van der Waals surface area (Å²) in [6, 6.07) is 15.8. The van der Waals surface area contributed by atoms with E-state index in [0.717, 1.165) is 16.1 Å². The van der Waals surface area contributed by atoms with Crippen LogP contribution < -0.4 is 10.6 Å². The third-order valence-electron chi connectivity index (χ3n) is 4.65. The molecule has 1 amide bonds. The zero-order valence-corrected chi connectivity index (χ0v) is 15.8. The molecular formula is C21H24ClN3O. The average Bonchev–Trinajstić information content (AvgIpc) is 3.07. The van der Waals surface area contributed by atoms with E-state index in [2.05, 4.69) is 27.8 Å². The number of para-hydroxylation sites is 1. The van der Waals surface area contributed by atoms with Gasteiger partial charge in [-0.2, -0.15) is 0 Å². The topological polar surface area (TPSA) is 56.9 Å². The highest BCUT2D eigenvalue weighted by Gasteiger charge is 2.22. The van der Waals surface area contributed by atoms with E-state index in [1.54, 1.807) is 0 Å². The van der Waals surface area contributed by atoms with Crippen molar-refractivity contribution in [2.45, 2.75) is 25.8 Å². The molecule has 0 fully saturated rings. The van der Waals surface area contributed by atoms with Crippen LogP contribution in [0.15, 0.2) is 54.7 Å².